The van der Waals surface area contributed by atoms with Crippen molar-refractivity contribution in [1.82, 2.24) is 4.57 Å². The maximum atomic E-state index is 12.5. The smallest absolute Gasteiger partial charge is 0.248 e. The molecule has 0 fully saturated rings. The predicted molar refractivity (Wildman–Crippen MR) is 120 cm³/mol. The topological polar surface area (TPSA) is 52.8 Å². The molecule has 5 nitrogen and oxygen atoms in total. The number of carbonyl (C=O) groups is 1. The highest BCUT2D eigenvalue weighted by Gasteiger charge is 2.09. The molecule has 29 heavy (non-hydrogen) atoms. The van der Waals surface area contributed by atoms with E-state index in [9.17, 15) is 4.79 Å². The fourth-order valence-electron chi connectivity index (χ4n) is 2.87. The van der Waals surface area contributed by atoms with Gasteiger partial charge in [0.15, 0.2) is 4.80 Å². The van der Waals surface area contributed by atoms with Crippen LogP contribution in [0.1, 0.15) is 18.4 Å². The molecule has 0 aliphatic carbocycles. The first-order chi connectivity index (χ1) is 14.1. The molecule has 0 aliphatic rings. The molecule has 0 saturated carbocycles. The molecular formula is C22H26N2O3S2. The van der Waals surface area contributed by atoms with Crippen molar-refractivity contribution in [3.05, 3.63) is 52.8 Å². The summed E-state index contributed by atoms with van der Waals surface area (Å²) in [6.07, 6.45) is 1.25. The molecule has 0 aliphatic heterocycles. The van der Waals surface area contributed by atoms with Crippen LogP contribution < -0.4 is 9.54 Å². The monoisotopic (exact) mass is 430 g/mol. The highest BCUT2D eigenvalue weighted by Crippen LogP contribution is 2.23. The highest BCUT2D eigenvalue weighted by atomic mass is 32.2. The molecule has 7 heteroatoms. The summed E-state index contributed by atoms with van der Waals surface area (Å²) >= 11 is 3.28. The number of amides is 1. The van der Waals surface area contributed by atoms with E-state index in [-0.39, 0.29) is 5.91 Å². The van der Waals surface area contributed by atoms with Crippen molar-refractivity contribution >= 4 is 39.2 Å². The van der Waals surface area contributed by atoms with Gasteiger partial charge in [-0.05, 0) is 49.4 Å². The molecule has 0 radical (unpaired) electrons. The largest absolute Gasteiger partial charge is 0.497 e. The van der Waals surface area contributed by atoms with Crippen LogP contribution in [0.2, 0.25) is 0 Å². The van der Waals surface area contributed by atoms with Crippen molar-refractivity contribution in [2.45, 2.75) is 31.2 Å². The molecule has 154 valence electrons. The number of ether oxygens (including phenoxy) is 2. The lowest BCUT2D eigenvalue weighted by Gasteiger charge is -2.05. The van der Waals surface area contributed by atoms with Crippen LogP contribution in [0.25, 0.3) is 10.2 Å². The maximum Gasteiger partial charge on any atom is 0.248 e. The standard InChI is InChI=1S/C22H26N2O3S2/c1-16-6-9-18(10-7-16)28-14-4-5-21(25)23-22-24(12-13-26-2)19-11-8-17(27-3)15-20(19)29-22/h6-11,15H,4-5,12-14H2,1-3H3. The van der Waals surface area contributed by atoms with Crippen molar-refractivity contribution in [2.75, 3.05) is 26.6 Å². The second-order valence-electron chi connectivity index (χ2n) is 6.63. The third-order valence-electron chi connectivity index (χ3n) is 4.45. The van der Waals surface area contributed by atoms with E-state index in [0.29, 0.717) is 24.4 Å². The van der Waals surface area contributed by atoms with Gasteiger partial charge in [-0.3, -0.25) is 4.79 Å². The van der Waals surface area contributed by atoms with Gasteiger partial charge < -0.3 is 14.0 Å². The van der Waals surface area contributed by atoms with Crippen molar-refractivity contribution in [1.29, 1.82) is 0 Å². The summed E-state index contributed by atoms with van der Waals surface area (Å²) < 4.78 is 13.6. The average molecular weight is 431 g/mol. The Hall–Kier alpha value is -2.09. The van der Waals surface area contributed by atoms with Crippen molar-refractivity contribution in [3.8, 4) is 5.75 Å². The normalized spacial score (nSPS) is 11.9. The van der Waals surface area contributed by atoms with Gasteiger partial charge >= 0.3 is 0 Å². The molecule has 2 aromatic carbocycles. The average Bonchev–Trinajstić information content (AvgIpc) is 3.06. The Labute approximate surface area is 179 Å². The molecule has 1 heterocycles. The molecular weight excluding hydrogens is 404 g/mol. The Balaban J connectivity index is 1.68. The van der Waals surface area contributed by atoms with E-state index in [1.165, 1.54) is 21.8 Å². The minimum absolute atomic E-state index is 0.0841. The molecule has 1 amide bonds. The minimum atomic E-state index is -0.0841. The number of fused-ring (bicyclic) bond motifs is 1. The number of hydrogen-bond donors (Lipinski definition) is 0. The zero-order valence-electron chi connectivity index (χ0n) is 17.0. The Bertz CT molecular complexity index is 1020. The quantitative estimate of drug-likeness (QED) is 0.366. The van der Waals surface area contributed by atoms with Gasteiger partial charge in [0.1, 0.15) is 5.75 Å². The first kappa shape index (κ1) is 21.6. The Morgan fingerprint density at radius 2 is 1.97 bits per heavy atom. The van der Waals surface area contributed by atoms with Crippen LogP contribution in [0.4, 0.5) is 0 Å². The van der Waals surface area contributed by atoms with Gasteiger partial charge in [0.2, 0.25) is 5.91 Å². The van der Waals surface area contributed by atoms with Gasteiger partial charge in [-0.25, -0.2) is 0 Å². The van der Waals surface area contributed by atoms with E-state index in [4.69, 9.17) is 9.47 Å². The first-order valence-corrected chi connectivity index (χ1v) is 11.3. The molecule has 3 rings (SSSR count). The SMILES string of the molecule is COCCn1c(=NC(=O)CCCSc2ccc(C)cc2)sc2cc(OC)ccc21. The van der Waals surface area contributed by atoms with Gasteiger partial charge in [-0.2, -0.15) is 4.99 Å². The molecule has 3 aromatic rings. The van der Waals surface area contributed by atoms with Crippen LogP contribution in [0, 0.1) is 6.92 Å². The van der Waals surface area contributed by atoms with Gasteiger partial charge in [-0.15, -0.1) is 11.8 Å². The Morgan fingerprint density at radius 3 is 2.69 bits per heavy atom. The zero-order chi connectivity index (χ0) is 20.6. The van der Waals surface area contributed by atoms with Crippen LogP contribution in [-0.2, 0) is 16.1 Å². The van der Waals surface area contributed by atoms with E-state index in [1.807, 2.05) is 22.8 Å². The zero-order valence-corrected chi connectivity index (χ0v) is 18.6. The van der Waals surface area contributed by atoms with E-state index in [2.05, 4.69) is 36.2 Å². The number of methoxy groups -OCH3 is 2. The summed E-state index contributed by atoms with van der Waals surface area (Å²) in [6.45, 7) is 3.29. The fourth-order valence-corrected chi connectivity index (χ4v) is 4.83. The Morgan fingerprint density at radius 1 is 1.17 bits per heavy atom. The van der Waals surface area contributed by atoms with E-state index >= 15 is 0 Å². The summed E-state index contributed by atoms with van der Waals surface area (Å²) in [5.74, 6) is 1.61. The summed E-state index contributed by atoms with van der Waals surface area (Å²) in [4.78, 5) is 18.8. The van der Waals surface area contributed by atoms with E-state index in [0.717, 1.165) is 28.1 Å². The number of rotatable bonds is 9. The number of nitrogens with zero attached hydrogens (tertiary/aromatic N) is 2. The van der Waals surface area contributed by atoms with E-state index in [1.54, 1.807) is 26.0 Å². The number of thiazole rings is 1. The maximum absolute atomic E-state index is 12.5. The summed E-state index contributed by atoms with van der Waals surface area (Å²) in [7, 11) is 3.32. The second-order valence-corrected chi connectivity index (χ2v) is 8.81. The summed E-state index contributed by atoms with van der Waals surface area (Å²) in [5.41, 5.74) is 2.29. The van der Waals surface area contributed by atoms with Gasteiger partial charge in [-0.1, -0.05) is 29.0 Å². The number of aromatic nitrogens is 1. The van der Waals surface area contributed by atoms with Crippen molar-refractivity contribution in [2.24, 2.45) is 4.99 Å². The number of benzene rings is 2. The minimum Gasteiger partial charge on any atom is -0.497 e. The predicted octanol–water partition coefficient (Wildman–Crippen LogP) is 4.67. The Kier molecular flexibility index (Phi) is 7.91. The van der Waals surface area contributed by atoms with Crippen LogP contribution in [0.5, 0.6) is 5.75 Å². The number of aryl methyl sites for hydroxylation is 1. The van der Waals surface area contributed by atoms with Gasteiger partial charge in [0.25, 0.3) is 0 Å². The first-order valence-electron chi connectivity index (χ1n) is 9.54. The molecule has 1 aromatic heterocycles. The summed E-state index contributed by atoms with van der Waals surface area (Å²) in [5, 5.41) is 0. The molecule has 0 saturated heterocycles. The van der Waals surface area contributed by atoms with E-state index < -0.39 is 0 Å². The van der Waals surface area contributed by atoms with Gasteiger partial charge in [0.05, 0.1) is 23.9 Å². The van der Waals surface area contributed by atoms with Crippen LogP contribution >= 0.6 is 23.1 Å². The lowest BCUT2D eigenvalue weighted by atomic mass is 10.2. The molecule has 0 bridgehead atoms. The summed E-state index contributed by atoms with van der Waals surface area (Å²) in [6, 6.07) is 14.4. The number of thioether (sulfide) groups is 1. The fraction of sp³-hybridized carbons (Fsp3) is 0.364. The number of carbonyl (C=O) groups excluding carboxylic acids is 1. The van der Waals surface area contributed by atoms with Crippen LogP contribution in [-0.4, -0.2) is 37.1 Å². The third kappa shape index (κ3) is 5.95. The van der Waals surface area contributed by atoms with Crippen LogP contribution in [0.15, 0.2) is 52.4 Å². The second kappa shape index (κ2) is 10.6. The van der Waals surface area contributed by atoms with Crippen LogP contribution in [0.3, 0.4) is 0 Å². The lowest BCUT2D eigenvalue weighted by Crippen LogP contribution is -2.19. The van der Waals surface area contributed by atoms with Crippen molar-refractivity contribution < 1.29 is 14.3 Å². The molecule has 0 N–H and O–H groups in total. The molecule has 0 unspecified atom stereocenters. The molecule has 0 atom stereocenters. The molecule has 0 spiro atoms. The third-order valence-corrected chi connectivity index (χ3v) is 6.59. The highest BCUT2D eigenvalue weighted by molar-refractivity contribution is 7.99. The van der Waals surface area contributed by atoms with Crippen molar-refractivity contribution in [3.63, 3.8) is 0 Å². The number of hydrogen-bond acceptors (Lipinski definition) is 5. The van der Waals surface area contributed by atoms with Gasteiger partial charge in [0, 0.05) is 25.0 Å². The lowest BCUT2D eigenvalue weighted by molar-refractivity contribution is -0.118.